The number of nitrogens with one attached hydrogen (secondary N) is 1. The molecule has 6 N–H and O–H groups in total. The Balaban J connectivity index is 1.45. The van der Waals surface area contributed by atoms with Crippen molar-refractivity contribution in [3.05, 3.63) is 87.7 Å². The lowest BCUT2D eigenvalue weighted by Crippen LogP contribution is -2.46. The number of rotatable bonds is 6. The molecule has 0 unspecified atom stereocenters. The highest BCUT2D eigenvalue weighted by molar-refractivity contribution is 6.23. The van der Waals surface area contributed by atoms with E-state index in [2.05, 4.69) is 36.2 Å². The van der Waals surface area contributed by atoms with Crippen molar-refractivity contribution >= 4 is 40.3 Å². The number of nitrogens with zero attached hydrogens (tertiary/aromatic N) is 3. The maximum atomic E-state index is 14.6. The molecular weight excluding hydrogens is 861 g/mol. The van der Waals surface area contributed by atoms with Crippen molar-refractivity contribution in [2.45, 2.75) is 106 Å². The van der Waals surface area contributed by atoms with Gasteiger partial charge in [0, 0.05) is 93.9 Å². The Morgan fingerprint density at radius 1 is 0.910 bits per heavy atom. The van der Waals surface area contributed by atoms with E-state index in [-0.39, 0.29) is 44.5 Å². The number of aliphatic hydroxyl groups excluding tert-OH is 2. The van der Waals surface area contributed by atoms with E-state index in [0.29, 0.717) is 26.2 Å². The van der Waals surface area contributed by atoms with Crippen molar-refractivity contribution in [3.8, 4) is 23.0 Å². The fourth-order valence-corrected chi connectivity index (χ4v) is 9.34. The number of amides is 1. The number of aliphatic hydroxyl groups is 2. The lowest BCUT2D eigenvalue weighted by molar-refractivity contribution is -0.160. The first-order valence-electron chi connectivity index (χ1n) is 22.8. The predicted octanol–water partition coefficient (Wildman–Crippen LogP) is 6.52. The second kappa shape index (κ2) is 20.5. The summed E-state index contributed by atoms with van der Waals surface area (Å²) in [4.78, 5) is 43.3. The van der Waals surface area contributed by atoms with Gasteiger partial charge in [-0.2, -0.15) is 5.10 Å². The number of allylic oxidation sites excluding steroid dienone is 2. The number of phenols is 3. The minimum Gasteiger partial charge on any atom is -0.507 e. The number of hydrogen-bond acceptors (Lipinski definition) is 15. The van der Waals surface area contributed by atoms with Gasteiger partial charge in [0.15, 0.2) is 5.75 Å². The third kappa shape index (κ3) is 10.2. The van der Waals surface area contributed by atoms with Crippen LogP contribution >= 0.6 is 0 Å². The van der Waals surface area contributed by atoms with Crippen LogP contribution in [0.5, 0.6) is 23.0 Å². The average Bonchev–Trinajstić information content (AvgIpc) is 3.56. The summed E-state index contributed by atoms with van der Waals surface area (Å²) in [6.45, 7) is 20.0. The number of carbonyl (C=O) groups excluding carboxylic acids is 3. The number of hydrogen-bond donors (Lipinski definition) is 6. The van der Waals surface area contributed by atoms with E-state index in [1.807, 2.05) is 11.1 Å². The van der Waals surface area contributed by atoms with Crippen LogP contribution in [-0.2, 0) is 30.3 Å². The first kappa shape index (κ1) is 50.5. The van der Waals surface area contributed by atoms with Crippen LogP contribution in [0.4, 0.5) is 5.69 Å². The number of carbonyl (C=O) groups is 3. The standard InChI is InChI=1S/C51H66N4O12/c1-26-14-12-15-27(2)36(26)25-54-19-21-55(22-20-54)52-24-35-41-46(61)39-38(45(35)60)40-48(33(8)44(39)59)67-51(10,49(40)62)65-23-18-37(64-11)30(5)47(66-34(9)56)32(7)43(58)31(6)42(57)28(3)16-13-17-29(4)50(63)53-41/h12-18,23-24,28,30-32,37,42-43,47,57-61H,19-22,25H2,1-11H3,(H,53,63)/b16-13+,23-18+,29-17-,52-24-/t28-,30-,31-,32-,37+,42+,43+,47-,51+/m1/s1. The highest BCUT2D eigenvalue weighted by Gasteiger charge is 2.50. The fraction of sp³-hybridized carbons (Fsp3) is 0.490. The van der Waals surface area contributed by atoms with Gasteiger partial charge in [0.25, 0.3) is 11.7 Å². The van der Waals surface area contributed by atoms with Crippen molar-refractivity contribution in [1.82, 2.24) is 9.91 Å². The number of hydrazone groups is 1. The van der Waals surface area contributed by atoms with Crippen molar-refractivity contribution < 1.29 is 58.9 Å². The molecule has 5 bridgehead atoms. The number of Topliss-reactive ketones (excluding diaryl/α,β-unsaturated/α-hetero) is 1. The summed E-state index contributed by atoms with van der Waals surface area (Å²) < 4.78 is 23.8. The molecule has 7 rings (SSSR count). The Kier molecular flexibility index (Phi) is 15.5. The number of esters is 1. The molecule has 3 aromatic rings. The molecule has 0 spiro atoms. The molecule has 16 nitrogen and oxygen atoms in total. The van der Waals surface area contributed by atoms with Crippen LogP contribution in [0, 0.1) is 44.4 Å². The molecule has 4 aliphatic rings. The van der Waals surface area contributed by atoms with Gasteiger partial charge in [-0.15, -0.1) is 0 Å². The van der Waals surface area contributed by atoms with Gasteiger partial charge in [0.05, 0.1) is 53.0 Å². The van der Waals surface area contributed by atoms with E-state index in [0.717, 1.165) is 6.54 Å². The first-order valence-corrected chi connectivity index (χ1v) is 22.8. The fourth-order valence-electron chi connectivity index (χ4n) is 9.34. The third-order valence-corrected chi connectivity index (χ3v) is 13.8. The Morgan fingerprint density at radius 2 is 1.57 bits per heavy atom. The Hall–Kier alpha value is -5.94. The highest BCUT2D eigenvalue weighted by atomic mass is 16.7. The molecule has 0 saturated carbocycles. The molecule has 9 atom stereocenters. The van der Waals surface area contributed by atoms with E-state index in [1.54, 1.807) is 39.8 Å². The largest absolute Gasteiger partial charge is 0.507 e. The van der Waals surface area contributed by atoms with E-state index < -0.39 is 88.8 Å². The number of ether oxygens (including phenoxy) is 4. The number of aryl methyl sites for hydroxylation is 2. The quantitative estimate of drug-likeness (QED) is 0.0671. The van der Waals surface area contributed by atoms with Crippen LogP contribution in [0.3, 0.4) is 0 Å². The summed E-state index contributed by atoms with van der Waals surface area (Å²) >= 11 is 0. The topological polar surface area (TPSA) is 220 Å². The SMILES string of the molecule is CO[C@H]1/C=C/O[C@@]2(C)Oc3c(C)c(O)c4c(O)c(c(/C=N\N5CCN(Cc6c(C)cccc6C)CC5)c(O)c4c3C2=O)NC(=O)/C(C)=C\C=C\[C@@H](C)[C@H](O)[C@@H](C)[C@H](O)[C@@H](C)[C@H](OC(C)=O)[C@@H]1C. The molecular formula is C51H66N4O12. The molecule has 1 fully saturated rings. The van der Waals surface area contributed by atoms with Gasteiger partial charge in [-0.1, -0.05) is 64.1 Å². The molecule has 0 aromatic heterocycles. The van der Waals surface area contributed by atoms with Crippen LogP contribution in [-0.4, -0.2) is 123 Å². The predicted molar refractivity (Wildman–Crippen MR) is 254 cm³/mol. The van der Waals surface area contributed by atoms with Gasteiger partial charge in [0.1, 0.15) is 23.4 Å². The number of anilines is 1. The minimum atomic E-state index is -2.06. The van der Waals surface area contributed by atoms with Gasteiger partial charge in [-0.05, 0) is 50.5 Å². The van der Waals surface area contributed by atoms with Crippen molar-refractivity contribution in [2.75, 3.05) is 38.6 Å². The molecule has 1 saturated heterocycles. The Bertz CT molecular complexity index is 2490. The molecule has 1 amide bonds. The van der Waals surface area contributed by atoms with E-state index in [4.69, 9.17) is 24.0 Å². The van der Waals surface area contributed by atoms with Crippen LogP contribution in [0.1, 0.15) is 86.6 Å². The Labute approximate surface area is 392 Å². The molecule has 67 heavy (non-hydrogen) atoms. The number of fused-ring (bicyclic) bond motifs is 14. The lowest BCUT2D eigenvalue weighted by atomic mass is 9.78. The van der Waals surface area contributed by atoms with Crippen molar-refractivity contribution in [1.29, 1.82) is 0 Å². The van der Waals surface area contributed by atoms with Crippen molar-refractivity contribution in [2.24, 2.45) is 28.8 Å². The number of phenolic OH excluding ortho intramolecular Hbond substituents is 3. The smallest absolute Gasteiger partial charge is 0.312 e. The molecule has 16 heteroatoms. The molecule has 4 aliphatic heterocycles. The van der Waals surface area contributed by atoms with Gasteiger partial charge >= 0.3 is 11.8 Å². The summed E-state index contributed by atoms with van der Waals surface area (Å²) in [6, 6.07) is 6.25. The molecule has 0 aliphatic carbocycles. The number of methoxy groups -OCH3 is 1. The normalized spacial score (nSPS) is 29.6. The summed E-state index contributed by atoms with van der Waals surface area (Å²) in [6.07, 6.45) is 4.88. The molecule has 3 aromatic carbocycles. The average molecular weight is 927 g/mol. The zero-order valence-electron chi connectivity index (χ0n) is 40.3. The van der Waals surface area contributed by atoms with Gasteiger partial charge in [-0.25, -0.2) is 0 Å². The number of benzene rings is 3. The maximum absolute atomic E-state index is 14.6. The summed E-state index contributed by atoms with van der Waals surface area (Å²) in [5.74, 6) is -8.42. The van der Waals surface area contributed by atoms with Crippen LogP contribution in [0.2, 0.25) is 0 Å². The van der Waals surface area contributed by atoms with Crippen LogP contribution in [0.25, 0.3) is 10.8 Å². The number of aromatic hydroxyl groups is 3. The summed E-state index contributed by atoms with van der Waals surface area (Å²) in [7, 11) is 1.44. The second-order valence-corrected chi connectivity index (χ2v) is 18.5. The highest BCUT2D eigenvalue weighted by Crippen LogP contribution is 2.55. The van der Waals surface area contributed by atoms with Gasteiger partial charge in [0.2, 0.25) is 0 Å². The van der Waals surface area contributed by atoms with Gasteiger partial charge < -0.3 is 49.8 Å². The second-order valence-electron chi connectivity index (χ2n) is 18.5. The monoisotopic (exact) mass is 926 g/mol. The van der Waals surface area contributed by atoms with Gasteiger partial charge in [-0.3, -0.25) is 24.3 Å². The number of ketones is 1. The van der Waals surface area contributed by atoms with E-state index in [1.165, 1.54) is 76.1 Å². The zero-order chi connectivity index (χ0) is 49.2. The minimum absolute atomic E-state index is 0.0525. The zero-order valence-corrected chi connectivity index (χ0v) is 40.3. The summed E-state index contributed by atoms with van der Waals surface area (Å²) in [5.41, 5.74) is 3.34. The van der Waals surface area contributed by atoms with E-state index in [9.17, 15) is 39.9 Å². The lowest BCUT2D eigenvalue weighted by Gasteiger charge is -2.38. The van der Waals surface area contributed by atoms with Crippen LogP contribution < -0.4 is 10.1 Å². The maximum Gasteiger partial charge on any atom is 0.312 e. The molecule has 362 valence electrons. The Morgan fingerprint density at radius 3 is 2.19 bits per heavy atom. The third-order valence-electron chi connectivity index (χ3n) is 13.8. The van der Waals surface area contributed by atoms with Crippen LogP contribution in [0.15, 0.2) is 59.4 Å². The van der Waals surface area contributed by atoms with Crippen molar-refractivity contribution in [3.63, 3.8) is 0 Å². The van der Waals surface area contributed by atoms with E-state index >= 15 is 0 Å². The number of piperazine rings is 1. The molecule has 4 heterocycles. The summed E-state index contributed by atoms with van der Waals surface area (Å²) in [5, 5.41) is 67.7. The first-order chi connectivity index (χ1) is 31.6. The molecule has 0 radical (unpaired) electrons.